The minimum atomic E-state index is -0.230. The van der Waals surface area contributed by atoms with Crippen LogP contribution in [0, 0.1) is 5.82 Å². The van der Waals surface area contributed by atoms with Gasteiger partial charge in [-0.2, -0.15) is 0 Å². The quantitative estimate of drug-likeness (QED) is 0.619. The van der Waals surface area contributed by atoms with Crippen molar-refractivity contribution in [2.24, 2.45) is 0 Å². The Hall–Kier alpha value is -1.79. The fourth-order valence-electron chi connectivity index (χ4n) is 2.52. The molecular weight excluding hydrogens is 313 g/mol. The van der Waals surface area contributed by atoms with E-state index in [0.717, 1.165) is 36.4 Å². The molecular formula is C17H20FN3OS. The highest BCUT2D eigenvalue weighted by Crippen LogP contribution is 2.37. The van der Waals surface area contributed by atoms with Gasteiger partial charge in [-0.15, -0.1) is 0 Å². The average molecular weight is 333 g/mol. The predicted molar refractivity (Wildman–Crippen MR) is 91.4 cm³/mol. The number of anilines is 1. The number of pyridine rings is 1. The molecule has 1 aliphatic rings. The maximum atomic E-state index is 13.9. The van der Waals surface area contributed by atoms with Crippen LogP contribution < -0.4 is 10.1 Å². The maximum Gasteiger partial charge on any atom is 0.146 e. The Morgan fingerprint density at radius 3 is 2.83 bits per heavy atom. The van der Waals surface area contributed by atoms with E-state index < -0.39 is 0 Å². The highest BCUT2D eigenvalue weighted by molar-refractivity contribution is 7.97. The molecule has 3 rings (SSSR count). The fourth-order valence-corrected chi connectivity index (χ4v) is 3.55. The number of nitrogens with zero attached hydrogens (tertiary/aromatic N) is 2. The van der Waals surface area contributed by atoms with Crippen LogP contribution >= 0.6 is 11.9 Å². The molecule has 1 aromatic carbocycles. The van der Waals surface area contributed by atoms with E-state index in [9.17, 15) is 4.39 Å². The molecule has 0 bridgehead atoms. The van der Waals surface area contributed by atoms with Crippen molar-refractivity contribution >= 4 is 17.6 Å². The van der Waals surface area contributed by atoms with E-state index in [1.165, 1.54) is 11.1 Å². The van der Waals surface area contributed by atoms with Crippen molar-refractivity contribution in [3.05, 3.63) is 48.0 Å². The van der Waals surface area contributed by atoms with Gasteiger partial charge in [0.05, 0.1) is 25.2 Å². The second kappa shape index (κ2) is 7.19. The molecule has 1 aromatic heterocycles. The highest BCUT2D eigenvalue weighted by atomic mass is 32.2. The summed E-state index contributed by atoms with van der Waals surface area (Å²) >= 11 is 1.74. The Labute approximate surface area is 140 Å². The average Bonchev–Trinajstić information content (AvgIpc) is 3.32. The van der Waals surface area contributed by atoms with Crippen LogP contribution in [0.25, 0.3) is 0 Å². The van der Waals surface area contributed by atoms with Crippen LogP contribution in [0.4, 0.5) is 10.1 Å². The van der Waals surface area contributed by atoms with Crippen molar-refractivity contribution in [3.8, 4) is 5.75 Å². The fraction of sp³-hybridized carbons (Fsp3) is 0.353. The highest BCUT2D eigenvalue weighted by Gasteiger charge is 2.34. The minimum absolute atomic E-state index is 0.230. The summed E-state index contributed by atoms with van der Waals surface area (Å²) in [6.07, 6.45) is 4.62. The first-order chi connectivity index (χ1) is 11.2. The minimum Gasteiger partial charge on any atom is -0.497 e. The molecule has 23 heavy (non-hydrogen) atoms. The Morgan fingerprint density at radius 2 is 2.13 bits per heavy atom. The summed E-state index contributed by atoms with van der Waals surface area (Å²) in [5.41, 5.74) is 1.50. The van der Waals surface area contributed by atoms with Crippen LogP contribution in [0.1, 0.15) is 12.0 Å². The van der Waals surface area contributed by atoms with Gasteiger partial charge in [-0.05, 0) is 49.1 Å². The zero-order chi connectivity index (χ0) is 16.2. The van der Waals surface area contributed by atoms with Gasteiger partial charge in [-0.1, -0.05) is 0 Å². The number of benzene rings is 1. The van der Waals surface area contributed by atoms with Crippen LogP contribution in [-0.2, 0) is 6.42 Å². The van der Waals surface area contributed by atoms with E-state index >= 15 is 0 Å². The topological polar surface area (TPSA) is 37.2 Å². The number of hydrogen-bond acceptors (Lipinski definition) is 5. The van der Waals surface area contributed by atoms with Crippen molar-refractivity contribution in [3.63, 3.8) is 0 Å². The Kier molecular flexibility index (Phi) is 5.03. The van der Waals surface area contributed by atoms with Crippen LogP contribution in [0.2, 0.25) is 0 Å². The van der Waals surface area contributed by atoms with Gasteiger partial charge >= 0.3 is 0 Å². The van der Waals surface area contributed by atoms with E-state index in [1.807, 2.05) is 12.1 Å². The van der Waals surface area contributed by atoms with Gasteiger partial charge < -0.3 is 10.1 Å². The van der Waals surface area contributed by atoms with E-state index in [0.29, 0.717) is 6.04 Å². The second-order valence-electron chi connectivity index (χ2n) is 5.46. The molecule has 1 fully saturated rings. The molecule has 1 unspecified atom stereocenters. The molecule has 0 saturated carbocycles. The molecule has 0 aliphatic carbocycles. The summed E-state index contributed by atoms with van der Waals surface area (Å²) in [7, 11) is 3.46. The lowest BCUT2D eigenvalue weighted by Crippen LogP contribution is -2.03. The molecule has 2 aromatic rings. The largest absolute Gasteiger partial charge is 0.497 e. The summed E-state index contributed by atoms with van der Waals surface area (Å²) in [4.78, 5) is 5.07. The van der Waals surface area contributed by atoms with Crippen molar-refractivity contribution in [2.75, 3.05) is 26.0 Å². The predicted octanol–water partition coefficient (Wildman–Crippen LogP) is 3.60. The van der Waals surface area contributed by atoms with Crippen molar-refractivity contribution in [2.45, 2.75) is 23.8 Å². The molecule has 0 radical (unpaired) electrons. The zero-order valence-corrected chi connectivity index (χ0v) is 14.1. The van der Waals surface area contributed by atoms with Crippen molar-refractivity contribution in [1.82, 2.24) is 9.29 Å². The van der Waals surface area contributed by atoms with Gasteiger partial charge in [0.25, 0.3) is 0 Å². The first kappa shape index (κ1) is 16.1. The monoisotopic (exact) mass is 333 g/mol. The van der Waals surface area contributed by atoms with E-state index in [-0.39, 0.29) is 5.82 Å². The van der Waals surface area contributed by atoms with Gasteiger partial charge in [0.2, 0.25) is 0 Å². The number of hydrogen-bond donors (Lipinski definition) is 1. The van der Waals surface area contributed by atoms with Crippen molar-refractivity contribution < 1.29 is 9.13 Å². The van der Waals surface area contributed by atoms with Gasteiger partial charge in [0.15, 0.2) is 0 Å². The summed E-state index contributed by atoms with van der Waals surface area (Å²) < 4.78 is 21.4. The lowest BCUT2D eigenvalue weighted by molar-refractivity contribution is 0.414. The molecule has 2 heterocycles. The van der Waals surface area contributed by atoms with Crippen molar-refractivity contribution in [1.29, 1.82) is 0 Å². The molecule has 6 heteroatoms. The lowest BCUT2D eigenvalue weighted by Gasteiger charge is -2.09. The molecule has 1 aliphatic heterocycles. The number of halogens is 1. The number of methoxy groups -OCH3 is 1. The second-order valence-corrected chi connectivity index (χ2v) is 6.58. The molecule has 1 N–H and O–H groups in total. The summed E-state index contributed by atoms with van der Waals surface area (Å²) in [5.74, 6) is 0.635. The number of rotatable bonds is 7. The van der Waals surface area contributed by atoms with E-state index in [2.05, 4.69) is 26.7 Å². The number of nitrogens with one attached hydrogen (secondary N) is 1. The van der Waals surface area contributed by atoms with E-state index in [1.54, 1.807) is 32.3 Å². The van der Waals surface area contributed by atoms with Gasteiger partial charge in [0.1, 0.15) is 11.6 Å². The molecule has 2 atom stereocenters. The lowest BCUT2D eigenvalue weighted by atomic mass is 10.1. The van der Waals surface area contributed by atoms with Crippen LogP contribution in [0.5, 0.6) is 5.75 Å². The van der Waals surface area contributed by atoms with Gasteiger partial charge in [-0.25, -0.2) is 8.70 Å². The molecule has 0 spiro atoms. The maximum absolute atomic E-state index is 13.9. The Balaban J connectivity index is 1.52. The number of ether oxygens (including phenoxy) is 1. The summed E-state index contributed by atoms with van der Waals surface area (Å²) in [6.45, 7) is 1.04. The molecule has 0 amide bonds. The molecule has 122 valence electrons. The first-order valence-electron chi connectivity index (χ1n) is 7.60. The van der Waals surface area contributed by atoms with Gasteiger partial charge in [-0.3, -0.25) is 4.98 Å². The third-order valence-corrected chi connectivity index (χ3v) is 5.11. The smallest absolute Gasteiger partial charge is 0.146 e. The van der Waals surface area contributed by atoms with Gasteiger partial charge in [0, 0.05) is 30.1 Å². The normalized spacial score (nSPS) is 19.4. The third kappa shape index (κ3) is 3.95. The Bertz CT molecular complexity index is 665. The van der Waals surface area contributed by atoms with Crippen LogP contribution in [-0.4, -0.2) is 36.0 Å². The summed E-state index contributed by atoms with van der Waals surface area (Å²) in [6, 6.07) is 8.54. The third-order valence-electron chi connectivity index (χ3n) is 3.95. The Morgan fingerprint density at radius 1 is 1.35 bits per heavy atom. The van der Waals surface area contributed by atoms with Crippen LogP contribution in [0.15, 0.2) is 41.6 Å². The SMILES string of the molecule is CNc1cncc(F)c1CC[C@H]1CN1Sc1ccc(OC)cc1. The van der Waals surface area contributed by atoms with E-state index in [4.69, 9.17) is 4.74 Å². The standard InChI is InChI=1S/C17H20FN3OS/c1-19-17-10-20-9-16(18)15(17)8-3-12-11-21(12)23-14-6-4-13(22-2)5-7-14/h4-7,9-10,12,19H,3,8,11H2,1-2H3/t12-,21?/m0/s1. The molecule has 1 saturated heterocycles. The molecule has 4 nitrogen and oxygen atoms in total. The first-order valence-corrected chi connectivity index (χ1v) is 8.37. The number of aromatic nitrogens is 1. The van der Waals surface area contributed by atoms with Crippen LogP contribution in [0.3, 0.4) is 0 Å². The summed E-state index contributed by atoms with van der Waals surface area (Å²) in [5, 5.41) is 3.01. The zero-order valence-electron chi connectivity index (χ0n) is 13.3.